The highest BCUT2D eigenvalue weighted by atomic mass is 16.6. The predicted octanol–water partition coefficient (Wildman–Crippen LogP) is 6.28. The minimum Gasteiger partial charge on any atom is -0.458 e. The van der Waals surface area contributed by atoms with E-state index in [0.29, 0.717) is 0 Å². The van der Waals surface area contributed by atoms with E-state index in [1.165, 1.54) is 6.92 Å². The van der Waals surface area contributed by atoms with Gasteiger partial charge >= 0.3 is 18.2 Å². The molecule has 57 heavy (non-hydrogen) atoms. The summed E-state index contributed by atoms with van der Waals surface area (Å²) in [6, 6.07) is 33.2. The second-order valence-corrected chi connectivity index (χ2v) is 14.5. The Morgan fingerprint density at radius 2 is 0.789 bits per heavy atom. The van der Waals surface area contributed by atoms with Gasteiger partial charge in [0.1, 0.15) is 31.4 Å². The molecule has 0 aromatic heterocycles. The summed E-state index contributed by atoms with van der Waals surface area (Å²) >= 11 is 0. The lowest BCUT2D eigenvalue weighted by atomic mass is 9.90. The van der Waals surface area contributed by atoms with E-state index < -0.39 is 60.2 Å². The molecule has 0 aliphatic rings. The van der Waals surface area contributed by atoms with Gasteiger partial charge in [0, 0.05) is 6.92 Å². The smallest absolute Gasteiger partial charge is 0.408 e. The van der Waals surface area contributed by atoms with Crippen molar-refractivity contribution in [2.45, 2.75) is 90.9 Å². The summed E-state index contributed by atoms with van der Waals surface area (Å²) in [6.45, 7) is 8.46. The molecule has 302 valence electrons. The third kappa shape index (κ3) is 14.8. The van der Waals surface area contributed by atoms with Crippen LogP contribution < -0.4 is 21.3 Å². The van der Waals surface area contributed by atoms with Crippen molar-refractivity contribution in [2.75, 3.05) is 0 Å². The van der Waals surface area contributed by atoms with Crippen LogP contribution in [-0.2, 0) is 54.6 Å². The second-order valence-electron chi connectivity index (χ2n) is 14.5. The third-order valence-corrected chi connectivity index (χ3v) is 9.22. The van der Waals surface area contributed by atoms with E-state index in [0.717, 1.165) is 22.3 Å². The van der Waals surface area contributed by atoms with Crippen molar-refractivity contribution >= 4 is 30.0 Å². The molecule has 0 aliphatic carbocycles. The molecule has 0 aliphatic heterocycles. The molecule has 4 aromatic rings. The summed E-state index contributed by atoms with van der Waals surface area (Å²) in [4.78, 5) is 67.2. The Balaban J connectivity index is 1.63. The first kappa shape index (κ1) is 43.6. The predicted molar refractivity (Wildman–Crippen MR) is 216 cm³/mol. The Morgan fingerprint density at radius 3 is 1.09 bits per heavy atom. The first-order valence-electron chi connectivity index (χ1n) is 19.2. The minimum absolute atomic E-state index is 0.0160. The Hall–Kier alpha value is -6.17. The van der Waals surface area contributed by atoms with Crippen LogP contribution in [0.1, 0.15) is 56.9 Å². The fourth-order valence-corrected chi connectivity index (χ4v) is 6.27. The second kappa shape index (κ2) is 22.4. The Labute approximate surface area is 335 Å². The first-order valence-corrected chi connectivity index (χ1v) is 19.2. The van der Waals surface area contributed by atoms with E-state index in [1.54, 1.807) is 27.7 Å². The number of amides is 4. The topological polar surface area (TPSA) is 161 Å². The summed E-state index contributed by atoms with van der Waals surface area (Å²) in [5, 5.41) is 11.5. The van der Waals surface area contributed by atoms with Crippen molar-refractivity contribution in [3.05, 3.63) is 144 Å². The molecule has 0 fully saturated rings. The molecule has 12 heteroatoms. The molecule has 2 unspecified atom stereocenters. The fourth-order valence-electron chi connectivity index (χ4n) is 6.27. The summed E-state index contributed by atoms with van der Waals surface area (Å²) in [6.07, 6.45) is -2.26. The molecule has 0 heterocycles. The van der Waals surface area contributed by atoms with Gasteiger partial charge in [0.05, 0.1) is 12.1 Å². The summed E-state index contributed by atoms with van der Waals surface area (Å²) in [5.74, 6) is -2.43. The van der Waals surface area contributed by atoms with E-state index in [1.807, 2.05) is 121 Å². The van der Waals surface area contributed by atoms with Crippen LogP contribution in [0.15, 0.2) is 121 Å². The first-order chi connectivity index (χ1) is 27.4. The summed E-state index contributed by atoms with van der Waals surface area (Å²) in [7, 11) is 0. The molecule has 4 rings (SSSR count). The minimum atomic E-state index is -1.12. The normalized spacial score (nSPS) is 13.6. The standard InChI is InChI=1S/C45H54N4O8/c1-30(2)39(48-44(53)55-28-35-22-14-8-15-23-35)42(51)46-37(26-33-18-10-6-11-19-33)41(57-32(5)50)38(27-34-20-12-7-13-21-34)47-43(52)40(31(3)4)49-45(54)56-29-36-24-16-9-17-25-36/h6-25,30-31,37-41H,26-29H2,1-5H3,(H,46,51)(H,47,52)(H,48,53)(H,49,54)/t37?,38?,39-,40-,41?/m0/s1. The largest absolute Gasteiger partial charge is 0.458 e. The highest BCUT2D eigenvalue weighted by Gasteiger charge is 2.38. The van der Waals surface area contributed by atoms with Gasteiger partial charge in [0.25, 0.3) is 0 Å². The van der Waals surface area contributed by atoms with Crippen molar-refractivity contribution in [3.63, 3.8) is 0 Å². The van der Waals surface area contributed by atoms with Gasteiger partial charge in [-0.25, -0.2) is 9.59 Å². The highest BCUT2D eigenvalue weighted by molar-refractivity contribution is 5.87. The van der Waals surface area contributed by atoms with Crippen LogP contribution in [-0.4, -0.2) is 60.2 Å². The molecule has 0 bridgehead atoms. The zero-order valence-corrected chi connectivity index (χ0v) is 33.2. The summed E-state index contributed by atoms with van der Waals surface area (Å²) < 4.78 is 16.9. The number of benzene rings is 4. The van der Waals surface area contributed by atoms with E-state index in [9.17, 15) is 24.0 Å². The van der Waals surface area contributed by atoms with Crippen LogP contribution >= 0.6 is 0 Å². The Bertz CT molecular complexity index is 1730. The van der Waals surface area contributed by atoms with Crippen molar-refractivity contribution in [1.82, 2.24) is 21.3 Å². The summed E-state index contributed by atoms with van der Waals surface area (Å²) in [5.41, 5.74) is 3.22. The van der Waals surface area contributed by atoms with Crippen LogP contribution in [0.4, 0.5) is 9.59 Å². The lowest BCUT2D eigenvalue weighted by molar-refractivity contribution is -0.152. The molecule has 4 aromatic carbocycles. The number of hydrogen-bond donors (Lipinski definition) is 4. The lowest BCUT2D eigenvalue weighted by Crippen LogP contribution is -2.62. The number of esters is 1. The highest BCUT2D eigenvalue weighted by Crippen LogP contribution is 2.19. The van der Waals surface area contributed by atoms with Gasteiger partial charge in [-0.05, 0) is 46.9 Å². The molecule has 0 saturated carbocycles. The Morgan fingerprint density at radius 1 is 0.474 bits per heavy atom. The maximum Gasteiger partial charge on any atom is 0.408 e. The molecule has 0 radical (unpaired) electrons. The van der Waals surface area contributed by atoms with Gasteiger partial charge in [-0.1, -0.05) is 149 Å². The zero-order chi connectivity index (χ0) is 41.2. The number of alkyl carbamates (subject to hydrolysis) is 2. The van der Waals surface area contributed by atoms with E-state index in [2.05, 4.69) is 21.3 Å². The number of rotatable bonds is 19. The van der Waals surface area contributed by atoms with Gasteiger partial charge in [-0.15, -0.1) is 0 Å². The quantitative estimate of drug-likeness (QED) is 0.0640. The van der Waals surface area contributed by atoms with Crippen LogP contribution in [0.3, 0.4) is 0 Å². The average molecular weight is 779 g/mol. The van der Waals surface area contributed by atoms with Gasteiger partial charge in [-0.2, -0.15) is 0 Å². The van der Waals surface area contributed by atoms with Gasteiger partial charge < -0.3 is 35.5 Å². The van der Waals surface area contributed by atoms with Crippen LogP contribution in [0.25, 0.3) is 0 Å². The van der Waals surface area contributed by atoms with Crippen molar-refractivity contribution in [1.29, 1.82) is 0 Å². The lowest BCUT2D eigenvalue weighted by Gasteiger charge is -2.36. The Kier molecular flexibility index (Phi) is 17.1. The fraction of sp³-hybridized carbons (Fsp3) is 0.356. The van der Waals surface area contributed by atoms with Crippen LogP contribution in [0, 0.1) is 11.8 Å². The van der Waals surface area contributed by atoms with E-state index in [-0.39, 0.29) is 37.9 Å². The molecule has 4 amide bonds. The third-order valence-electron chi connectivity index (χ3n) is 9.22. The molecular formula is C45H54N4O8. The maximum atomic E-state index is 14.2. The van der Waals surface area contributed by atoms with Gasteiger partial charge in [0.15, 0.2) is 0 Å². The number of carbonyl (C=O) groups excluding carboxylic acids is 5. The van der Waals surface area contributed by atoms with Gasteiger partial charge in [-0.3, -0.25) is 14.4 Å². The van der Waals surface area contributed by atoms with Crippen LogP contribution in [0.5, 0.6) is 0 Å². The SMILES string of the molecule is CC(=O)OC(C(Cc1ccccc1)NC(=O)[C@@H](NC(=O)OCc1ccccc1)C(C)C)C(Cc1ccccc1)NC(=O)[C@@H](NC(=O)OCc1ccccc1)C(C)C. The number of carbonyl (C=O) groups is 5. The molecule has 0 spiro atoms. The number of ether oxygens (including phenoxy) is 3. The zero-order valence-electron chi connectivity index (χ0n) is 33.2. The van der Waals surface area contributed by atoms with E-state index in [4.69, 9.17) is 14.2 Å². The maximum absolute atomic E-state index is 14.2. The molecule has 4 N–H and O–H groups in total. The monoisotopic (exact) mass is 778 g/mol. The number of hydrogen-bond acceptors (Lipinski definition) is 8. The van der Waals surface area contributed by atoms with Crippen molar-refractivity contribution in [3.8, 4) is 0 Å². The molecular weight excluding hydrogens is 725 g/mol. The van der Waals surface area contributed by atoms with E-state index >= 15 is 0 Å². The van der Waals surface area contributed by atoms with Crippen molar-refractivity contribution < 1.29 is 38.2 Å². The van der Waals surface area contributed by atoms with Crippen LogP contribution in [0.2, 0.25) is 0 Å². The van der Waals surface area contributed by atoms with Gasteiger partial charge in [0.2, 0.25) is 11.8 Å². The van der Waals surface area contributed by atoms with Crippen molar-refractivity contribution in [2.24, 2.45) is 11.8 Å². The molecule has 4 atom stereocenters. The number of nitrogens with one attached hydrogen (secondary N) is 4. The average Bonchev–Trinajstić information content (AvgIpc) is 3.20. The molecule has 0 saturated heterocycles. The molecule has 12 nitrogen and oxygen atoms in total.